The second-order valence-corrected chi connectivity index (χ2v) is 13.3. The number of aromatic nitrogens is 1. The van der Waals surface area contributed by atoms with Gasteiger partial charge in [0.1, 0.15) is 48.0 Å². The van der Waals surface area contributed by atoms with E-state index in [2.05, 4.69) is 10.3 Å². The first kappa shape index (κ1) is 38.9. The molecule has 2 heterocycles. The number of rotatable bonds is 20. The van der Waals surface area contributed by atoms with E-state index in [4.69, 9.17) is 18.9 Å². The molecule has 1 aromatic heterocycles. The molecule has 1 aliphatic carbocycles. The number of carbonyl (C=O) groups excluding carboxylic acids is 4. The van der Waals surface area contributed by atoms with E-state index in [0.717, 1.165) is 43.4 Å². The fourth-order valence-corrected chi connectivity index (χ4v) is 7.09. The predicted molar refractivity (Wildman–Crippen MR) is 183 cm³/mol. The number of thiazole rings is 1. The number of carbonyl (C=O) groups is 5. The number of ether oxygens (including phenoxy) is 4. The molecule has 2 unspecified atom stereocenters. The molecular formula is C35H48N4O10S. The van der Waals surface area contributed by atoms with Gasteiger partial charge in [-0.05, 0) is 50.7 Å². The quantitative estimate of drug-likeness (QED) is 0.116. The molecule has 1 saturated carbocycles. The van der Waals surface area contributed by atoms with E-state index in [1.165, 1.54) is 25.3 Å². The van der Waals surface area contributed by atoms with Gasteiger partial charge in [-0.25, -0.2) is 9.78 Å². The molecule has 0 spiro atoms. The van der Waals surface area contributed by atoms with Crippen molar-refractivity contribution in [2.45, 2.75) is 70.0 Å². The summed E-state index contributed by atoms with van der Waals surface area (Å²) >= 11 is 1.33. The Labute approximate surface area is 296 Å². The third-order valence-corrected chi connectivity index (χ3v) is 9.99. The standard InChI is InChI=1S/C35H48N4O10S/c1-24(38(2)35(44)45)32(42)37-30(25-8-4-3-5-9-25)34(43)39-13-7-12-29(39)33-36-28(23-50-33)31(41)26-10-6-11-27(22-26)49-21-20-48-19-18-47-17-16-46-15-14-40/h6,10-11,14,22-25,29-30H,3-5,7-9,12-13,15-21H2,1-2H3,(H,37,42)(H,44,45)/t24?,29?,30-/m0/s1. The third kappa shape index (κ3) is 11.0. The van der Waals surface area contributed by atoms with Crippen molar-refractivity contribution in [3.05, 3.63) is 45.9 Å². The zero-order valence-corrected chi connectivity index (χ0v) is 29.6. The van der Waals surface area contributed by atoms with Crippen LogP contribution >= 0.6 is 11.3 Å². The highest BCUT2D eigenvalue weighted by atomic mass is 32.1. The molecular weight excluding hydrogens is 668 g/mol. The van der Waals surface area contributed by atoms with E-state index in [1.54, 1.807) is 34.5 Å². The van der Waals surface area contributed by atoms with Gasteiger partial charge in [-0.2, -0.15) is 0 Å². The maximum atomic E-state index is 14.2. The van der Waals surface area contributed by atoms with Crippen LogP contribution in [0.5, 0.6) is 5.75 Å². The maximum Gasteiger partial charge on any atom is 0.407 e. The van der Waals surface area contributed by atoms with Crippen molar-refractivity contribution in [2.75, 3.05) is 59.8 Å². The second kappa shape index (κ2) is 20.1. The van der Waals surface area contributed by atoms with Crippen LogP contribution in [0.15, 0.2) is 29.6 Å². The molecule has 2 aromatic rings. The van der Waals surface area contributed by atoms with Gasteiger partial charge in [-0.15, -0.1) is 11.3 Å². The maximum absolute atomic E-state index is 14.2. The molecule has 3 atom stereocenters. The van der Waals surface area contributed by atoms with Crippen LogP contribution in [0.25, 0.3) is 0 Å². The van der Waals surface area contributed by atoms with Crippen molar-refractivity contribution in [3.63, 3.8) is 0 Å². The number of ketones is 1. The van der Waals surface area contributed by atoms with Crippen molar-refractivity contribution < 1.29 is 48.0 Å². The van der Waals surface area contributed by atoms with Crippen LogP contribution in [0.4, 0.5) is 4.79 Å². The van der Waals surface area contributed by atoms with Gasteiger partial charge in [0.15, 0.2) is 0 Å². The van der Waals surface area contributed by atoms with Crippen molar-refractivity contribution in [2.24, 2.45) is 5.92 Å². The number of hydrogen-bond acceptors (Lipinski definition) is 11. The molecule has 0 bridgehead atoms. The van der Waals surface area contributed by atoms with E-state index in [0.29, 0.717) is 68.6 Å². The summed E-state index contributed by atoms with van der Waals surface area (Å²) in [4.78, 5) is 69.8. The van der Waals surface area contributed by atoms with Crippen molar-refractivity contribution >= 4 is 41.3 Å². The number of hydrogen-bond donors (Lipinski definition) is 2. The van der Waals surface area contributed by atoms with E-state index in [1.807, 2.05) is 0 Å². The van der Waals surface area contributed by atoms with Crippen molar-refractivity contribution in [3.8, 4) is 5.75 Å². The Bertz CT molecular complexity index is 1430. The van der Waals surface area contributed by atoms with Gasteiger partial charge in [0.05, 0.1) is 39.1 Å². The SMILES string of the molecule is CC(C(=O)N[C@H](C(=O)N1CCCC1c1nc(C(=O)c2cccc(OCCOCCOCCOCC=O)c2)cs1)C1CCCCC1)N(C)C(=O)O. The Morgan fingerprint density at radius 1 is 1.02 bits per heavy atom. The van der Waals surface area contributed by atoms with Gasteiger partial charge in [-0.3, -0.25) is 19.3 Å². The van der Waals surface area contributed by atoms with Gasteiger partial charge in [0.25, 0.3) is 0 Å². The summed E-state index contributed by atoms with van der Waals surface area (Å²) in [6.07, 6.45) is 5.53. The van der Waals surface area contributed by atoms with Crippen molar-refractivity contribution in [1.29, 1.82) is 0 Å². The lowest BCUT2D eigenvalue weighted by atomic mass is 9.83. The van der Waals surface area contributed by atoms with Gasteiger partial charge >= 0.3 is 6.09 Å². The minimum atomic E-state index is -1.22. The molecule has 50 heavy (non-hydrogen) atoms. The Kier molecular flexibility index (Phi) is 15.6. The molecule has 4 rings (SSSR count). The van der Waals surface area contributed by atoms with E-state index in [-0.39, 0.29) is 42.6 Å². The first-order chi connectivity index (χ1) is 24.2. The minimum Gasteiger partial charge on any atom is -0.491 e. The molecule has 15 heteroatoms. The van der Waals surface area contributed by atoms with Crippen LogP contribution in [-0.4, -0.2) is 122 Å². The number of likely N-dealkylation sites (tertiary alicyclic amines) is 1. The summed E-state index contributed by atoms with van der Waals surface area (Å²) in [7, 11) is 1.33. The number of likely N-dealkylation sites (N-methyl/N-ethyl adjacent to an activating group) is 1. The molecule has 2 fully saturated rings. The zero-order chi connectivity index (χ0) is 35.9. The van der Waals surface area contributed by atoms with E-state index >= 15 is 0 Å². The average molecular weight is 717 g/mol. The summed E-state index contributed by atoms with van der Waals surface area (Å²) in [6.45, 7) is 4.17. The summed E-state index contributed by atoms with van der Waals surface area (Å²) < 4.78 is 21.6. The summed E-state index contributed by atoms with van der Waals surface area (Å²) in [6, 6.07) is 4.81. The van der Waals surface area contributed by atoms with Crippen LogP contribution in [0.2, 0.25) is 0 Å². The molecule has 3 amide bonds. The normalized spacial score (nSPS) is 17.6. The van der Waals surface area contributed by atoms with Crippen LogP contribution in [0.3, 0.4) is 0 Å². The molecule has 1 aromatic carbocycles. The van der Waals surface area contributed by atoms with Gasteiger partial charge in [0.2, 0.25) is 17.6 Å². The zero-order valence-electron chi connectivity index (χ0n) is 28.8. The molecule has 2 aliphatic rings. The highest BCUT2D eigenvalue weighted by Gasteiger charge is 2.40. The van der Waals surface area contributed by atoms with Crippen LogP contribution in [0, 0.1) is 5.92 Å². The Morgan fingerprint density at radius 3 is 2.42 bits per heavy atom. The predicted octanol–water partition coefficient (Wildman–Crippen LogP) is 3.73. The van der Waals surface area contributed by atoms with Crippen LogP contribution in [-0.2, 0) is 28.6 Å². The summed E-state index contributed by atoms with van der Waals surface area (Å²) in [5, 5.41) is 14.7. The minimum absolute atomic E-state index is 0.0432. The van der Waals surface area contributed by atoms with Gasteiger partial charge < -0.3 is 39.1 Å². The monoisotopic (exact) mass is 716 g/mol. The Morgan fingerprint density at radius 2 is 1.72 bits per heavy atom. The van der Waals surface area contributed by atoms with E-state index in [9.17, 15) is 29.1 Å². The first-order valence-corrected chi connectivity index (χ1v) is 18.1. The number of carboxylic acid groups (broad SMARTS) is 1. The molecule has 1 saturated heterocycles. The lowest BCUT2D eigenvalue weighted by Crippen LogP contribution is -2.56. The topological polar surface area (TPSA) is 174 Å². The fourth-order valence-electron chi connectivity index (χ4n) is 6.14. The summed E-state index contributed by atoms with van der Waals surface area (Å²) in [5.41, 5.74) is 0.703. The highest BCUT2D eigenvalue weighted by Crippen LogP contribution is 2.36. The molecule has 14 nitrogen and oxygen atoms in total. The Balaban J connectivity index is 1.33. The van der Waals surface area contributed by atoms with Crippen molar-refractivity contribution in [1.82, 2.24) is 20.1 Å². The average Bonchev–Trinajstić information content (AvgIpc) is 3.83. The molecule has 2 N–H and O–H groups in total. The fraction of sp³-hybridized carbons (Fsp3) is 0.600. The number of amides is 3. The molecule has 0 radical (unpaired) electrons. The van der Waals surface area contributed by atoms with Gasteiger partial charge in [0, 0.05) is 24.5 Å². The van der Waals surface area contributed by atoms with Crippen LogP contribution in [0.1, 0.15) is 79.0 Å². The lowest BCUT2D eigenvalue weighted by Gasteiger charge is -2.35. The third-order valence-electron chi connectivity index (χ3n) is 9.05. The molecule has 1 aliphatic heterocycles. The summed E-state index contributed by atoms with van der Waals surface area (Å²) in [5.74, 6) is -0.481. The number of nitrogens with one attached hydrogen (secondary N) is 1. The number of aldehydes is 1. The number of benzene rings is 1. The van der Waals surface area contributed by atoms with Crippen LogP contribution < -0.4 is 10.1 Å². The smallest absolute Gasteiger partial charge is 0.407 e. The first-order valence-electron chi connectivity index (χ1n) is 17.2. The largest absolute Gasteiger partial charge is 0.491 e. The van der Waals surface area contributed by atoms with E-state index < -0.39 is 24.1 Å². The Hall–Kier alpha value is -3.92. The second-order valence-electron chi connectivity index (χ2n) is 12.4. The van der Waals surface area contributed by atoms with Gasteiger partial charge in [-0.1, -0.05) is 31.4 Å². The molecule has 274 valence electrons. The lowest BCUT2D eigenvalue weighted by molar-refractivity contribution is -0.140. The highest BCUT2D eigenvalue weighted by molar-refractivity contribution is 7.10. The number of nitrogens with zero attached hydrogens (tertiary/aromatic N) is 3.